The van der Waals surface area contributed by atoms with E-state index >= 15 is 0 Å². The first-order chi connectivity index (χ1) is 14.0. The number of allylic oxidation sites excluding steroid dienone is 1. The fourth-order valence-corrected chi connectivity index (χ4v) is 3.64. The molecule has 0 spiro atoms. The first-order valence-corrected chi connectivity index (χ1v) is 9.71. The highest BCUT2D eigenvalue weighted by Gasteiger charge is 2.27. The molecule has 154 valence electrons. The molecule has 2 heterocycles. The monoisotopic (exact) mass is 404 g/mol. The third-order valence-corrected chi connectivity index (χ3v) is 5.58. The molecule has 0 bridgehead atoms. The Kier molecular flexibility index (Phi) is 4.31. The van der Waals surface area contributed by atoms with Crippen LogP contribution in [0.1, 0.15) is 38.8 Å². The van der Waals surface area contributed by atoms with E-state index in [0.717, 1.165) is 0 Å². The van der Waals surface area contributed by atoms with Gasteiger partial charge in [-0.05, 0) is 43.7 Å². The van der Waals surface area contributed by atoms with Crippen LogP contribution in [0.25, 0.3) is 28.2 Å². The predicted molar refractivity (Wildman–Crippen MR) is 118 cm³/mol. The van der Waals surface area contributed by atoms with Crippen LogP contribution in [0.3, 0.4) is 0 Å². The average molecular weight is 404 g/mol. The van der Waals surface area contributed by atoms with Crippen molar-refractivity contribution in [2.45, 2.75) is 38.7 Å². The van der Waals surface area contributed by atoms with E-state index in [0.29, 0.717) is 28.0 Å². The molecule has 2 aromatic carbocycles. The summed E-state index contributed by atoms with van der Waals surface area (Å²) in [5.41, 5.74) is 0.840. The number of hydrogen-bond donors (Lipinski definition) is 2. The van der Waals surface area contributed by atoms with Crippen LogP contribution in [-0.2, 0) is 5.41 Å². The van der Waals surface area contributed by atoms with Crippen LogP contribution >= 0.6 is 0 Å². The number of aromatic hydroxyl groups is 2. The molecule has 0 fully saturated rings. The summed E-state index contributed by atoms with van der Waals surface area (Å²) < 4.78 is 11.6. The van der Waals surface area contributed by atoms with Gasteiger partial charge in [0.2, 0.25) is 5.43 Å². The van der Waals surface area contributed by atoms with Gasteiger partial charge in [-0.3, -0.25) is 4.79 Å². The zero-order valence-corrected chi connectivity index (χ0v) is 17.4. The molecule has 2 N–H and O–H groups in total. The van der Waals surface area contributed by atoms with E-state index in [1.165, 1.54) is 6.26 Å². The average Bonchev–Trinajstić information content (AvgIpc) is 2.67. The highest BCUT2D eigenvalue weighted by Crippen LogP contribution is 2.41. The summed E-state index contributed by atoms with van der Waals surface area (Å²) in [6.45, 7) is 11.5. The SMILES string of the molecule is C=CC(C)(C)c1cc(-c2coc3cc4c(c(O)c3c2=O)C=CC(C)(C)O4)ccc1O. The number of benzene rings is 2. The smallest absolute Gasteiger partial charge is 0.204 e. The summed E-state index contributed by atoms with van der Waals surface area (Å²) >= 11 is 0. The molecule has 1 aliphatic rings. The van der Waals surface area contributed by atoms with Crippen molar-refractivity contribution in [1.29, 1.82) is 0 Å². The molecule has 0 saturated carbocycles. The maximum atomic E-state index is 13.3. The standard InChI is InChI=1S/C25H24O5/c1-6-24(2,3)17-11-14(7-8-18(17)26)16-13-29-20-12-19-15(9-10-25(4,5)30-19)22(27)21(20)23(16)28/h6-13,26-27H,1H2,2-5H3. The van der Waals surface area contributed by atoms with E-state index in [-0.39, 0.29) is 27.9 Å². The van der Waals surface area contributed by atoms with Gasteiger partial charge in [-0.15, -0.1) is 6.58 Å². The largest absolute Gasteiger partial charge is 0.508 e. The predicted octanol–water partition coefficient (Wildman–Crippen LogP) is 5.52. The first kappa shape index (κ1) is 19.8. The number of rotatable bonds is 3. The van der Waals surface area contributed by atoms with E-state index in [1.54, 1.807) is 36.4 Å². The second kappa shape index (κ2) is 6.52. The molecule has 1 aromatic heterocycles. The van der Waals surface area contributed by atoms with Crippen molar-refractivity contribution in [1.82, 2.24) is 0 Å². The van der Waals surface area contributed by atoms with Crippen LogP contribution < -0.4 is 10.2 Å². The Morgan fingerprint density at radius 1 is 1.17 bits per heavy atom. The molecule has 0 saturated heterocycles. The molecule has 1 aliphatic heterocycles. The van der Waals surface area contributed by atoms with Crippen LogP contribution in [0.2, 0.25) is 0 Å². The van der Waals surface area contributed by atoms with Gasteiger partial charge in [0.25, 0.3) is 0 Å². The Balaban J connectivity index is 1.94. The lowest BCUT2D eigenvalue weighted by molar-refractivity contribution is 0.158. The molecular formula is C25H24O5. The molecule has 0 radical (unpaired) electrons. The van der Waals surface area contributed by atoms with Crippen LogP contribution in [0.4, 0.5) is 0 Å². The van der Waals surface area contributed by atoms with E-state index in [2.05, 4.69) is 6.58 Å². The molecule has 0 aliphatic carbocycles. The van der Waals surface area contributed by atoms with Gasteiger partial charge in [0.15, 0.2) is 0 Å². The number of hydrogen-bond acceptors (Lipinski definition) is 5. The minimum atomic E-state index is -0.520. The van der Waals surface area contributed by atoms with Gasteiger partial charge in [-0.1, -0.05) is 26.0 Å². The first-order valence-electron chi connectivity index (χ1n) is 9.71. The normalized spacial score (nSPS) is 14.9. The van der Waals surface area contributed by atoms with Crippen molar-refractivity contribution in [3.05, 3.63) is 70.6 Å². The minimum Gasteiger partial charge on any atom is -0.508 e. The van der Waals surface area contributed by atoms with Crippen molar-refractivity contribution in [3.8, 4) is 28.4 Å². The van der Waals surface area contributed by atoms with Gasteiger partial charge in [-0.2, -0.15) is 0 Å². The fraction of sp³-hybridized carbons (Fsp3) is 0.240. The van der Waals surface area contributed by atoms with Gasteiger partial charge >= 0.3 is 0 Å². The van der Waals surface area contributed by atoms with Crippen molar-refractivity contribution < 1.29 is 19.4 Å². The van der Waals surface area contributed by atoms with Crippen LogP contribution in [0.5, 0.6) is 17.2 Å². The Bertz CT molecular complexity index is 1270. The van der Waals surface area contributed by atoms with Crippen LogP contribution in [-0.4, -0.2) is 15.8 Å². The second-order valence-electron chi connectivity index (χ2n) is 8.69. The third kappa shape index (κ3) is 3.07. The van der Waals surface area contributed by atoms with E-state index in [4.69, 9.17) is 9.15 Å². The maximum absolute atomic E-state index is 13.3. The zero-order valence-electron chi connectivity index (χ0n) is 17.4. The Hall–Kier alpha value is -3.47. The highest BCUT2D eigenvalue weighted by atomic mass is 16.5. The fourth-order valence-electron chi connectivity index (χ4n) is 3.64. The molecule has 0 atom stereocenters. The summed E-state index contributed by atoms with van der Waals surface area (Å²) in [5, 5.41) is 21.2. The Morgan fingerprint density at radius 2 is 1.90 bits per heavy atom. The molecule has 0 amide bonds. The summed E-state index contributed by atoms with van der Waals surface area (Å²) in [6.07, 6.45) is 6.69. The van der Waals surface area contributed by atoms with Gasteiger partial charge < -0.3 is 19.4 Å². The molecule has 3 aromatic rings. The lowest BCUT2D eigenvalue weighted by atomic mass is 9.83. The minimum absolute atomic E-state index is 0.0943. The summed E-state index contributed by atoms with van der Waals surface area (Å²) in [4.78, 5) is 13.3. The zero-order chi connectivity index (χ0) is 21.8. The molecule has 5 nitrogen and oxygen atoms in total. The third-order valence-electron chi connectivity index (χ3n) is 5.58. The molecule has 5 heteroatoms. The number of ether oxygens (including phenoxy) is 1. The van der Waals surface area contributed by atoms with E-state index in [1.807, 2.05) is 33.8 Å². The van der Waals surface area contributed by atoms with Gasteiger partial charge in [0.05, 0.1) is 11.1 Å². The molecule has 30 heavy (non-hydrogen) atoms. The molecule has 0 unspecified atom stereocenters. The number of phenolic OH excluding ortho intramolecular Hbond substituents is 2. The Morgan fingerprint density at radius 3 is 2.60 bits per heavy atom. The second-order valence-corrected chi connectivity index (χ2v) is 8.69. The van der Waals surface area contributed by atoms with Crippen molar-refractivity contribution in [2.24, 2.45) is 0 Å². The topological polar surface area (TPSA) is 79.9 Å². The number of fused-ring (bicyclic) bond motifs is 2. The van der Waals surface area contributed by atoms with Gasteiger partial charge in [0, 0.05) is 17.0 Å². The van der Waals surface area contributed by atoms with Crippen LogP contribution in [0, 0.1) is 0 Å². The highest BCUT2D eigenvalue weighted by molar-refractivity contribution is 5.93. The lowest BCUT2D eigenvalue weighted by Crippen LogP contribution is -2.27. The summed E-state index contributed by atoms with van der Waals surface area (Å²) in [7, 11) is 0. The number of phenols is 2. The van der Waals surface area contributed by atoms with Crippen molar-refractivity contribution in [3.63, 3.8) is 0 Å². The van der Waals surface area contributed by atoms with E-state index in [9.17, 15) is 15.0 Å². The molecular weight excluding hydrogens is 380 g/mol. The van der Waals surface area contributed by atoms with Crippen LogP contribution in [0.15, 0.2) is 58.5 Å². The van der Waals surface area contributed by atoms with Crippen molar-refractivity contribution >= 4 is 17.0 Å². The summed E-state index contributed by atoms with van der Waals surface area (Å²) in [6, 6.07) is 6.57. The van der Waals surface area contributed by atoms with Gasteiger partial charge in [0.1, 0.15) is 40.1 Å². The Labute approximate surface area is 174 Å². The maximum Gasteiger partial charge on any atom is 0.204 e. The van der Waals surface area contributed by atoms with E-state index < -0.39 is 11.0 Å². The lowest BCUT2D eigenvalue weighted by Gasteiger charge is -2.28. The van der Waals surface area contributed by atoms with Crippen molar-refractivity contribution in [2.75, 3.05) is 0 Å². The van der Waals surface area contributed by atoms with Gasteiger partial charge in [-0.25, -0.2) is 0 Å². The quantitative estimate of drug-likeness (QED) is 0.562. The summed E-state index contributed by atoms with van der Waals surface area (Å²) in [5.74, 6) is 0.411. The molecule has 4 rings (SSSR count).